The first-order valence-electron chi connectivity index (χ1n) is 9.96. The molecule has 1 heterocycles. The fourth-order valence-electron chi connectivity index (χ4n) is 3.82. The van der Waals surface area contributed by atoms with Crippen LogP contribution < -0.4 is 5.32 Å². The number of anilines is 1. The highest BCUT2D eigenvalue weighted by Crippen LogP contribution is 2.43. The Morgan fingerprint density at radius 3 is 2.52 bits per heavy atom. The lowest BCUT2D eigenvalue weighted by Crippen LogP contribution is -2.57. The Kier molecular flexibility index (Phi) is 6.72. The van der Waals surface area contributed by atoms with E-state index in [1.165, 1.54) is 32.0 Å². The van der Waals surface area contributed by atoms with Gasteiger partial charge in [-0.3, -0.25) is 9.59 Å². The van der Waals surface area contributed by atoms with Crippen molar-refractivity contribution in [3.63, 3.8) is 0 Å². The van der Waals surface area contributed by atoms with Crippen LogP contribution in [-0.4, -0.2) is 34.8 Å². The Morgan fingerprint density at radius 1 is 1.24 bits per heavy atom. The third kappa shape index (κ3) is 4.81. The molecule has 0 aliphatic carbocycles. The van der Waals surface area contributed by atoms with Crippen molar-refractivity contribution in [1.29, 1.82) is 0 Å². The van der Waals surface area contributed by atoms with Crippen molar-refractivity contribution in [1.82, 2.24) is 0 Å². The van der Waals surface area contributed by atoms with E-state index in [2.05, 4.69) is 26.4 Å². The van der Waals surface area contributed by atoms with E-state index in [1.54, 1.807) is 31.2 Å². The lowest BCUT2D eigenvalue weighted by atomic mass is 9.74. The number of nitrogens with zero attached hydrogens (tertiary/aromatic N) is 1. The first-order chi connectivity index (χ1) is 15.3. The van der Waals surface area contributed by atoms with Crippen LogP contribution in [0.4, 0.5) is 18.9 Å². The van der Waals surface area contributed by atoms with Crippen molar-refractivity contribution in [2.75, 3.05) is 5.32 Å². The number of hydrogen-bond donors (Lipinski definition) is 2. The lowest BCUT2D eigenvalue weighted by molar-refractivity contribution is -0.254. The van der Waals surface area contributed by atoms with Crippen LogP contribution in [0.2, 0.25) is 0 Å². The van der Waals surface area contributed by atoms with Gasteiger partial charge in [-0.05, 0) is 36.1 Å². The minimum Gasteiger partial charge on any atom is -0.380 e. The predicted molar refractivity (Wildman–Crippen MR) is 120 cm³/mol. The van der Waals surface area contributed by atoms with E-state index in [-0.39, 0.29) is 5.69 Å². The van der Waals surface area contributed by atoms with Gasteiger partial charge < -0.3 is 15.3 Å². The highest BCUT2D eigenvalue weighted by molar-refractivity contribution is 9.10. The fraction of sp³-hybridized carbons (Fsp3) is 0.348. The van der Waals surface area contributed by atoms with Crippen LogP contribution in [0.25, 0.3) is 0 Å². The standard InChI is InChI=1S/C23H22BrF3N2O4/c1-13-16-10-14(8-9-15(16)19(11-30)33-29-13)28-20(31)22(32,23(25,26)27)12-21(2,3)17-6-4-5-7-18(17)24/h4-11,19,32H,12H2,1-3H3,(H,28,31). The predicted octanol–water partition coefficient (Wildman–Crippen LogP) is 5.04. The highest BCUT2D eigenvalue weighted by atomic mass is 79.9. The summed E-state index contributed by atoms with van der Waals surface area (Å²) in [6.45, 7) is 4.64. The second-order valence-corrected chi connectivity index (χ2v) is 9.35. The zero-order valence-electron chi connectivity index (χ0n) is 18.0. The summed E-state index contributed by atoms with van der Waals surface area (Å²) in [6, 6.07) is 10.9. The van der Waals surface area contributed by atoms with Gasteiger partial charge in [0.15, 0.2) is 6.29 Å². The molecule has 0 aromatic heterocycles. The number of aldehydes is 1. The minimum atomic E-state index is -5.24. The molecular weight excluding hydrogens is 505 g/mol. The SMILES string of the molecule is CC1=NOC(C=O)c2ccc(NC(=O)C(O)(CC(C)(C)c3ccccc3Br)C(F)(F)F)cc21. The molecule has 0 saturated heterocycles. The molecule has 0 saturated carbocycles. The second kappa shape index (κ2) is 8.90. The van der Waals surface area contributed by atoms with E-state index in [0.717, 1.165) is 0 Å². The van der Waals surface area contributed by atoms with Crippen molar-refractivity contribution < 1.29 is 32.7 Å². The molecule has 10 heteroatoms. The summed E-state index contributed by atoms with van der Waals surface area (Å²) in [4.78, 5) is 29.1. The van der Waals surface area contributed by atoms with E-state index in [9.17, 15) is 27.9 Å². The molecule has 2 unspecified atom stereocenters. The van der Waals surface area contributed by atoms with Gasteiger partial charge >= 0.3 is 6.18 Å². The Labute approximate surface area is 196 Å². The second-order valence-electron chi connectivity index (χ2n) is 8.49. The molecule has 2 atom stereocenters. The van der Waals surface area contributed by atoms with Gasteiger partial charge in [0.2, 0.25) is 11.7 Å². The lowest BCUT2D eigenvalue weighted by Gasteiger charge is -2.37. The zero-order chi connectivity index (χ0) is 24.6. The Hall–Kier alpha value is -2.72. The summed E-state index contributed by atoms with van der Waals surface area (Å²) in [5.41, 5.74) is -3.05. The van der Waals surface area contributed by atoms with Gasteiger partial charge in [-0.2, -0.15) is 13.2 Å². The van der Waals surface area contributed by atoms with E-state index in [1.807, 2.05) is 0 Å². The number of amides is 1. The molecule has 176 valence electrons. The summed E-state index contributed by atoms with van der Waals surface area (Å²) in [5, 5.41) is 16.6. The molecule has 1 aliphatic heterocycles. The number of nitrogens with one attached hydrogen (secondary N) is 1. The number of benzene rings is 2. The highest BCUT2D eigenvalue weighted by Gasteiger charge is 2.61. The van der Waals surface area contributed by atoms with Gasteiger partial charge in [0, 0.05) is 27.7 Å². The molecule has 3 rings (SSSR count). The average Bonchev–Trinajstić information content (AvgIpc) is 2.73. The maximum Gasteiger partial charge on any atom is 0.426 e. The van der Waals surface area contributed by atoms with Crippen molar-refractivity contribution in [2.24, 2.45) is 5.16 Å². The molecule has 33 heavy (non-hydrogen) atoms. The summed E-state index contributed by atoms with van der Waals surface area (Å²) in [7, 11) is 0. The number of aliphatic hydroxyl groups is 1. The number of halogens is 4. The van der Waals surface area contributed by atoms with Crippen LogP contribution in [0.3, 0.4) is 0 Å². The van der Waals surface area contributed by atoms with Crippen molar-refractivity contribution in [3.05, 3.63) is 63.6 Å². The minimum absolute atomic E-state index is 0.0150. The zero-order valence-corrected chi connectivity index (χ0v) is 19.6. The molecule has 1 amide bonds. The van der Waals surface area contributed by atoms with Crippen LogP contribution in [0.15, 0.2) is 52.1 Å². The number of oxime groups is 1. The number of rotatable bonds is 6. The van der Waals surface area contributed by atoms with Gasteiger partial charge in [-0.15, -0.1) is 0 Å². The van der Waals surface area contributed by atoms with Crippen LogP contribution in [-0.2, 0) is 19.8 Å². The molecule has 0 radical (unpaired) electrons. The Morgan fingerprint density at radius 2 is 1.91 bits per heavy atom. The number of fused-ring (bicyclic) bond motifs is 1. The third-order valence-corrected chi connectivity index (χ3v) is 6.27. The van der Waals surface area contributed by atoms with E-state index in [4.69, 9.17) is 4.84 Å². The topological polar surface area (TPSA) is 88.0 Å². The van der Waals surface area contributed by atoms with Gasteiger partial charge in [0.1, 0.15) is 0 Å². The quantitative estimate of drug-likeness (QED) is 0.516. The van der Waals surface area contributed by atoms with E-state index >= 15 is 0 Å². The van der Waals surface area contributed by atoms with Crippen LogP contribution >= 0.6 is 15.9 Å². The summed E-state index contributed by atoms with van der Waals surface area (Å²) < 4.78 is 42.7. The van der Waals surface area contributed by atoms with Crippen LogP contribution in [0, 0.1) is 0 Å². The van der Waals surface area contributed by atoms with Gasteiger partial charge in [-0.1, -0.05) is 59.2 Å². The summed E-state index contributed by atoms with van der Waals surface area (Å²) in [6.07, 6.45) is -6.56. The van der Waals surface area contributed by atoms with E-state index in [0.29, 0.717) is 33.2 Å². The van der Waals surface area contributed by atoms with Gasteiger partial charge in [-0.25, -0.2) is 0 Å². The fourth-order valence-corrected chi connectivity index (χ4v) is 4.65. The number of hydrogen-bond acceptors (Lipinski definition) is 5. The maximum absolute atomic E-state index is 14.0. The van der Waals surface area contributed by atoms with Crippen molar-refractivity contribution in [2.45, 2.75) is 50.5 Å². The molecule has 0 fully saturated rings. The first kappa shape index (κ1) is 24.9. The van der Waals surface area contributed by atoms with Gasteiger partial charge in [0.25, 0.3) is 5.91 Å². The Bertz CT molecular complexity index is 1120. The molecule has 0 bridgehead atoms. The molecule has 2 aromatic carbocycles. The van der Waals surface area contributed by atoms with Crippen molar-refractivity contribution >= 4 is 39.5 Å². The third-order valence-electron chi connectivity index (χ3n) is 5.58. The Balaban J connectivity index is 1.94. The molecule has 1 aliphatic rings. The molecule has 0 spiro atoms. The molecule has 2 N–H and O–H groups in total. The number of carbonyl (C=O) groups is 2. The summed E-state index contributed by atoms with van der Waals surface area (Å²) >= 11 is 3.32. The smallest absolute Gasteiger partial charge is 0.380 e. The normalized spacial score (nSPS) is 17.8. The van der Waals surface area contributed by atoms with Crippen LogP contribution in [0.5, 0.6) is 0 Å². The average molecular weight is 527 g/mol. The van der Waals surface area contributed by atoms with Crippen LogP contribution in [0.1, 0.15) is 50.0 Å². The first-order valence-corrected chi connectivity index (χ1v) is 10.7. The van der Waals surface area contributed by atoms with E-state index < -0.39 is 35.6 Å². The maximum atomic E-state index is 14.0. The molecule has 6 nitrogen and oxygen atoms in total. The summed E-state index contributed by atoms with van der Waals surface area (Å²) in [5.74, 6) is -1.61. The largest absolute Gasteiger partial charge is 0.426 e. The van der Waals surface area contributed by atoms with Gasteiger partial charge in [0.05, 0.1) is 5.71 Å². The molecular formula is C23H22BrF3N2O4. The number of carbonyl (C=O) groups excluding carboxylic acids is 2. The number of alkyl halides is 3. The van der Waals surface area contributed by atoms with Crippen molar-refractivity contribution in [3.8, 4) is 0 Å². The molecule has 2 aromatic rings. The monoisotopic (exact) mass is 526 g/mol.